The Labute approximate surface area is 84.6 Å². The minimum atomic E-state index is -0.0210. The number of carbonyl (C=O) groups is 1. The highest BCUT2D eigenvalue weighted by molar-refractivity contribution is 7.98. The van der Waals surface area contributed by atoms with E-state index < -0.39 is 0 Å². The highest BCUT2D eigenvalue weighted by Crippen LogP contribution is 2.00. The van der Waals surface area contributed by atoms with Crippen molar-refractivity contribution in [2.24, 2.45) is 0 Å². The molecule has 0 aliphatic heterocycles. The predicted octanol–water partition coefficient (Wildman–Crippen LogP) is 1.28. The second-order valence-corrected chi connectivity index (χ2v) is 3.82. The van der Waals surface area contributed by atoms with Crippen LogP contribution in [0, 0.1) is 0 Å². The molecule has 0 aromatic carbocycles. The van der Waals surface area contributed by atoms with Gasteiger partial charge in [0.05, 0.1) is 0 Å². The molecule has 1 N–H and O–H groups in total. The van der Waals surface area contributed by atoms with Crippen LogP contribution in [-0.4, -0.2) is 38.2 Å². The molecule has 0 saturated carbocycles. The lowest BCUT2D eigenvalue weighted by Crippen LogP contribution is -2.27. The highest BCUT2D eigenvalue weighted by atomic mass is 32.2. The Morgan fingerprint density at radius 3 is 2.77 bits per heavy atom. The molecule has 0 bridgehead atoms. The minimum absolute atomic E-state index is 0.0210. The number of hydrogen-bond donors (Lipinski definition) is 1. The van der Waals surface area contributed by atoms with Crippen LogP contribution >= 0.6 is 11.8 Å². The Kier molecular flexibility index (Phi) is 9.70. The maximum atomic E-state index is 10.9. The van der Waals surface area contributed by atoms with Gasteiger partial charge in [0, 0.05) is 13.7 Å². The number of methoxy groups -OCH3 is 1. The second-order valence-electron chi connectivity index (χ2n) is 2.84. The largest absolute Gasteiger partial charge is 0.375 e. The van der Waals surface area contributed by atoms with E-state index in [1.165, 1.54) is 25.7 Å². The summed E-state index contributed by atoms with van der Waals surface area (Å²) >= 11 is 1.87. The summed E-state index contributed by atoms with van der Waals surface area (Å²) in [6, 6.07) is 0. The molecular formula is C9H19NO2S. The predicted molar refractivity (Wildman–Crippen MR) is 57.1 cm³/mol. The molecule has 78 valence electrons. The van der Waals surface area contributed by atoms with Crippen molar-refractivity contribution in [2.75, 3.05) is 32.3 Å². The van der Waals surface area contributed by atoms with Crippen LogP contribution < -0.4 is 5.32 Å². The Balaban J connectivity index is 3.02. The minimum Gasteiger partial charge on any atom is -0.375 e. The van der Waals surface area contributed by atoms with Crippen molar-refractivity contribution < 1.29 is 9.53 Å². The van der Waals surface area contributed by atoms with Crippen LogP contribution in [0.3, 0.4) is 0 Å². The smallest absolute Gasteiger partial charge is 0.245 e. The number of thioether (sulfide) groups is 1. The topological polar surface area (TPSA) is 38.3 Å². The van der Waals surface area contributed by atoms with Crippen molar-refractivity contribution in [1.29, 1.82) is 0 Å². The fourth-order valence-electron chi connectivity index (χ4n) is 0.958. The van der Waals surface area contributed by atoms with Crippen LogP contribution in [-0.2, 0) is 9.53 Å². The van der Waals surface area contributed by atoms with E-state index in [0.717, 1.165) is 13.0 Å². The van der Waals surface area contributed by atoms with Crippen LogP contribution in [0.1, 0.15) is 19.3 Å². The van der Waals surface area contributed by atoms with Gasteiger partial charge in [0.1, 0.15) is 6.61 Å². The lowest BCUT2D eigenvalue weighted by atomic mass is 10.2. The lowest BCUT2D eigenvalue weighted by molar-refractivity contribution is -0.124. The molecule has 3 nitrogen and oxygen atoms in total. The summed E-state index contributed by atoms with van der Waals surface area (Å²) in [6.07, 6.45) is 5.60. The highest BCUT2D eigenvalue weighted by Gasteiger charge is 1.97. The molecule has 4 heteroatoms. The maximum Gasteiger partial charge on any atom is 0.245 e. The van der Waals surface area contributed by atoms with E-state index in [9.17, 15) is 4.79 Å². The molecule has 1 amide bonds. The first-order chi connectivity index (χ1) is 6.31. The van der Waals surface area contributed by atoms with Crippen molar-refractivity contribution in [3.63, 3.8) is 0 Å². The summed E-state index contributed by atoms with van der Waals surface area (Å²) in [7, 11) is 1.53. The normalized spacial score (nSPS) is 10.0. The fourth-order valence-corrected chi connectivity index (χ4v) is 1.45. The van der Waals surface area contributed by atoms with Gasteiger partial charge in [0.25, 0.3) is 0 Å². The molecule has 0 spiro atoms. The molecule has 0 aliphatic carbocycles. The molecule has 0 rings (SSSR count). The Morgan fingerprint density at radius 2 is 2.15 bits per heavy atom. The summed E-state index contributed by atoms with van der Waals surface area (Å²) in [5, 5.41) is 2.79. The summed E-state index contributed by atoms with van der Waals surface area (Å²) in [5.41, 5.74) is 0. The first-order valence-electron chi connectivity index (χ1n) is 4.56. The van der Waals surface area contributed by atoms with Gasteiger partial charge in [0.2, 0.25) is 5.91 Å². The third-order valence-corrected chi connectivity index (χ3v) is 2.32. The summed E-state index contributed by atoms with van der Waals surface area (Å²) in [4.78, 5) is 10.9. The second kappa shape index (κ2) is 9.86. The number of rotatable bonds is 8. The number of amides is 1. The van der Waals surface area contributed by atoms with Gasteiger partial charge in [-0.2, -0.15) is 11.8 Å². The van der Waals surface area contributed by atoms with Crippen LogP contribution in [0.15, 0.2) is 0 Å². The van der Waals surface area contributed by atoms with E-state index in [4.69, 9.17) is 0 Å². The first-order valence-corrected chi connectivity index (χ1v) is 5.95. The number of carbonyl (C=O) groups excluding carboxylic acids is 1. The van der Waals surface area contributed by atoms with Crippen molar-refractivity contribution >= 4 is 17.7 Å². The fraction of sp³-hybridized carbons (Fsp3) is 0.889. The van der Waals surface area contributed by atoms with E-state index in [2.05, 4.69) is 16.3 Å². The monoisotopic (exact) mass is 205 g/mol. The van der Waals surface area contributed by atoms with E-state index in [1.807, 2.05) is 11.8 Å². The average molecular weight is 205 g/mol. The first kappa shape index (κ1) is 12.8. The third kappa shape index (κ3) is 9.70. The molecular weight excluding hydrogens is 186 g/mol. The molecule has 0 aliphatic rings. The van der Waals surface area contributed by atoms with E-state index in [0.29, 0.717) is 0 Å². The van der Waals surface area contributed by atoms with Crippen LogP contribution in [0.25, 0.3) is 0 Å². The van der Waals surface area contributed by atoms with E-state index in [1.54, 1.807) is 0 Å². The summed E-state index contributed by atoms with van der Waals surface area (Å²) in [6.45, 7) is 0.946. The molecule has 0 aromatic heterocycles. The zero-order chi connectivity index (χ0) is 9.94. The molecule has 0 radical (unpaired) electrons. The number of ether oxygens (including phenoxy) is 1. The molecule has 0 heterocycles. The van der Waals surface area contributed by atoms with Crippen molar-refractivity contribution in [3.05, 3.63) is 0 Å². The zero-order valence-electron chi connectivity index (χ0n) is 8.47. The van der Waals surface area contributed by atoms with Gasteiger partial charge in [0.15, 0.2) is 0 Å². The van der Waals surface area contributed by atoms with Gasteiger partial charge in [-0.3, -0.25) is 4.79 Å². The maximum absolute atomic E-state index is 10.9. The standard InChI is InChI=1S/C9H19NO2S/c1-12-8-9(11)10-6-4-3-5-7-13-2/h3-8H2,1-2H3,(H,10,11). The third-order valence-electron chi connectivity index (χ3n) is 1.62. The van der Waals surface area contributed by atoms with Crippen molar-refractivity contribution in [1.82, 2.24) is 5.32 Å². The number of nitrogens with one attached hydrogen (secondary N) is 1. The van der Waals surface area contributed by atoms with Gasteiger partial charge in [-0.05, 0) is 24.9 Å². The Bertz CT molecular complexity index is 131. The lowest BCUT2D eigenvalue weighted by Gasteiger charge is -2.03. The molecule has 13 heavy (non-hydrogen) atoms. The van der Waals surface area contributed by atoms with Gasteiger partial charge < -0.3 is 10.1 Å². The Hall–Kier alpha value is -0.220. The van der Waals surface area contributed by atoms with Crippen molar-refractivity contribution in [2.45, 2.75) is 19.3 Å². The molecule has 0 fully saturated rings. The quantitative estimate of drug-likeness (QED) is 0.607. The van der Waals surface area contributed by atoms with Gasteiger partial charge >= 0.3 is 0 Å². The van der Waals surface area contributed by atoms with E-state index >= 15 is 0 Å². The molecule has 0 atom stereocenters. The van der Waals surface area contributed by atoms with Crippen LogP contribution in [0.2, 0.25) is 0 Å². The van der Waals surface area contributed by atoms with Gasteiger partial charge in [-0.15, -0.1) is 0 Å². The number of hydrogen-bond acceptors (Lipinski definition) is 3. The number of unbranched alkanes of at least 4 members (excludes halogenated alkanes) is 2. The molecule has 0 saturated heterocycles. The zero-order valence-corrected chi connectivity index (χ0v) is 9.28. The summed E-state index contributed by atoms with van der Waals surface area (Å²) < 4.78 is 4.68. The van der Waals surface area contributed by atoms with Gasteiger partial charge in [-0.1, -0.05) is 6.42 Å². The molecule has 0 aromatic rings. The van der Waals surface area contributed by atoms with Crippen molar-refractivity contribution in [3.8, 4) is 0 Å². The Morgan fingerprint density at radius 1 is 1.38 bits per heavy atom. The van der Waals surface area contributed by atoms with Gasteiger partial charge in [-0.25, -0.2) is 0 Å². The average Bonchev–Trinajstić information content (AvgIpc) is 2.11. The van der Waals surface area contributed by atoms with Crippen LogP contribution in [0.4, 0.5) is 0 Å². The molecule has 0 unspecified atom stereocenters. The SMILES string of the molecule is COCC(=O)NCCCCCSC. The van der Waals surface area contributed by atoms with E-state index in [-0.39, 0.29) is 12.5 Å². The summed E-state index contributed by atoms with van der Waals surface area (Å²) in [5.74, 6) is 1.19. The van der Waals surface area contributed by atoms with Crippen LogP contribution in [0.5, 0.6) is 0 Å².